The fourth-order valence-corrected chi connectivity index (χ4v) is 4.19. The van der Waals surface area contributed by atoms with Crippen LogP contribution in [0.2, 0.25) is 5.02 Å². The predicted octanol–water partition coefficient (Wildman–Crippen LogP) is 3.63. The summed E-state index contributed by atoms with van der Waals surface area (Å²) in [6.07, 6.45) is 5.26. The first kappa shape index (κ1) is 20.3. The van der Waals surface area contributed by atoms with Crippen LogP contribution in [0.15, 0.2) is 24.3 Å². The molecule has 0 spiro atoms. The molecule has 0 atom stereocenters. The van der Waals surface area contributed by atoms with E-state index in [0.717, 1.165) is 38.5 Å². The molecule has 0 unspecified atom stereocenters. The van der Waals surface area contributed by atoms with E-state index in [4.69, 9.17) is 27.9 Å². The number of alkyl halides is 1. The van der Waals surface area contributed by atoms with Crippen LogP contribution in [0.1, 0.15) is 38.5 Å². The summed E-state index contributed by atoms with van der Waals surface area (Å²) in [5.74, 6) is 1.02. The largest absolute Gasteiger partial charge is 0.477 e. The van der Waals surface area contributed by atoms with Gasteiger partial charge in [-0.2, -0.15) is 0 Å². The number of ether oxygens (including phenoxy) is 1. The number of piperidine rings is 1. The summed E-state index contributed by atoms with van der Waals surface area (Å²) in [7, 11) is 0. The van der Waals surface area contributed by atoms with Crippen LogP contribution < -0.4 is 10.1 Å². The lowest BCUT2D eigenvalue weighted by Gasteiger charge is -2.38. The zero-order valence-electron chi connectivity index (χ0n) is 15.4. The number of carbonyl (C=O) groups excluding carboxylic acids is 2. The van der Waals surface area contributed by atoms with E-state index < -0.39 is 5.60 Å². The second kappa shape index (κ2) is 9.16. The summed E-state index contributed by atoms with van der Waals surface area (Å²) in [4.78, 5) is 26.5. The molecule has 148 valence electrons. The summed E-state index contributed by atoms with van der Waals surface area (Å²) in [5, 5.41) is 3.49. The molecule has 5 nitrogen and oxygen atoms in total. The fourth-order valence-electron chi connectivity index (χ4n) is 3.97. The minimum Gasteiger partial charge on any atom is -0.477 e. The molecule has 1 heterocycles. The molecule has 1 saturated carbocycles. The molecule has 1 aliphatic heterocycles. The van der Waals surface area contributed by atoms with E-state index in [2.05, 4.69) is 5.32 Å². The maximum Gasteiger partial charge on any atom is 0.266 e. The van der Waals surface area contributed by atoms with Crippen LogP contribution in [0, 0.1) is 5.92 Å². The van der Waals surface area contributed by atoms with Crippen LogP contribution in [0.25, 0.3) is 0 Å². The van der Waals surface area contributed by atoms with Gasteiger partial charge in [-0.1, -0.05) is 11.6 Å². The molecule has 0 bridgehead atoms. The maximum absolute atomic E-state index is 13.3. The second-order valence-electron chi connectivity index (χ2n) is 7.43. The monoisotopic (exact) mass is 412 g/mol. The van der Waals surface area contributed by atoms with Crippen LogP contribution >= 0.6 is 23.2 Å². The van der Waals surface area contributed by atoms with Gasteiger partial charge in [0.25, 0.3) is 5.91 Å². The Labute approximate surface area is 170 Å². The van der Waals surface area contributed by atoms with Gasteiger partial charge < -0.3 is 15.0 Å². The highest BCUT2D eigenvalue weighted by Gasteiger charge is 2.46. The minimum absolute atomic E-state index is 0.0120. The summed E-state index contributed by atoms with van der Waals surface area (Å²) in [6.45, 7) is 2.03. The van der Waals surface area contributed by atoms with Crippen molar-refractivity contribution in [2.24, 2.45) is 5.92 Å². The molecule has 7 heteroatoms. The first-order valence-corrected chi connectivity index (χ1v) is 10.5. The Morgan fingerprint density at radius 1 is 1.15 bits per heavy atom. The van der Waals surface area contributed by atoms with Gasteiger partial charge in [-0.3, -0.25) is 9.59 Å². The van der Waals surface area contributed by atoms with Crippen molar-refractivity contribution in [1.29, 1.82) is 0 Å². The van der Waals surface area contributed by atoms with Gasteiger partial charge in [0.2, 0.25) is 5.91 Å². The average Bonchev–Trinajstić information content (AvgIpc) is 3.17. The van der Waals surface area contributed by atoms with Crippen LogP contribution in [0.4, 0.5) is 0 Å². The molecule has 1 aromatic carbocycles. The summed E-state index contributed by atoms with van der Waals surface area (Å²) < 4.78 is 6.23. The molecular weight excluding hydrogens is 387 g/mol. The van der Waals surface area contributed by atoms with Crippen molar-refractivity contribution in [3.8, 4) is 5.75 Å². The number of nitrogens with one attached hydrogen (secondary N) is 1. The number of hydrogen-bond acceptors (Lipinski definition) is 3. The summed E-state index contributed by atoms with van der Waals surface area (Å²) in [5.41, 5.74) is -0.756. The molecule has 1 N–H and O–H groups in total. The van der Waals surface area contributed by atoms with E-state index in [1.807, 2.05) is 17.0 Å². The Bertz CT molecular complexity index is 652. The Morgan fingerprint density at radius 3 is 2.37 bits per heavy atom. The number of hydrogen-bond donors (Lipinski definition) is 1. The third-order valence-corrected chi connectivity index (χ3v) is 6.03. The lowest BCUT2D eigenvalue weighted by atomic mass is 9.93. The quantitative estimate of drug-likeness (QED) is 0.725. The third kappa shape index (κ3) is 5.08. The SMILES string of the molecule is O=C(CCl)NCC1CCN(C(=O)C2(Oc3ccc(Cl)cc3)CCCC2)CC1. The predicted molar refractivity (Wildman–Crippen MR) is 106 cm³/mol. The molecule has 3 rings (SSSR count). The Hall–Kier alpha value is -1.46. The van der Waals surface area contributed by atoms with Crippen molar-refractivity contribution in [3.63, 3.8) is 0 Å². The lowest BCUT2D eigenvalue weighted by molar-refractivity contribution is -0.149. The Morgan fingerprint density at radius 2 is 1.78 bits per heavy atom. The maximum atomic E-state index is 13.3. The molecule has 1 saturated heterocycles. The number of likely N-dealkylation sites (tertiary alicyclic amines) is 1. The fraction of sp³-hybridized carbons (Fsp3) is 0.600. The van der Waals surface area contributed by atoms with E-state index in [1.165, 1.54) is 0 Å². The molecule has 27 heavy (non-hydrogen) atoms. The van der Waals surface area contributed by atoms with E-state index in [0.29, 0.717) is 36.3 Å². The van der Waals surface area contributed by atoms with Gasteiger partial charge in [0, 0.05) is 24.7 Å². The summed E-state index contributed by atoms with van der Waals surface area (Å²) >= 11 is 11.5. The zero-order chi connectivity index (χ0) is 19.3. The van der Waals surface area contributed by atoms with Gasteiger partial charge in [-0.05, 0) is 68.7 Å². The van der Waals surface area contributed by atoms with E-state index in [9.17, 15) is 9.59 Å². The third-order valence-electron chi connectivity index (χ3n) is 5.54. The number of carbonyl (C=O) groups is 2. The number of amides is 2. The van der Waals surface area contributed by atoms with E-state index in [1.54, 1.807) is 12.1 Å². The number of halogens is 2. The number of rotatable bonds is 6. The molecule has 1 aromatic rings. The van der Waals surface area contributed by atoms with Gasteiger partial charge in [0.05, 0.1) is 0 Å². The highest BCUT2D eigenvalue weighted by Crippen LogP contribution is 2.37. The smallest absolute Gasteiger partial charge is 0.266 e. The zero-order valence-corrected chi connectivity index (χ0v) is 16.9. The van der Waals surface area contributed by atoms with Gasteiger partial charge >= 0.3 is 0 Å². The molecule has 2 aliphatic rings. The first-order chi connectivity index (χ1) is 13.0. The lowest BCUT2D eigenvalue weighted by Crippen LogP contribution is -2.53. The van der Waals surface area contributed by atoms with Crippen molar-refractivity contribution in [2.75, 3.05) is 25.5 Å². The van der Waals surface area contributed by atoms with Gasteiger partial charge in [0.15, 0.2) is 5.60 Å². The highest BCUT2D eigenvalue weighted by atomic mass is 35.5. The first-order valence-electron chi connectivity index (χ1n) is 9.59. The molecule has 0 radical (unpaired) electrons. The van der Waals surface area contributed by atoms with Gasteiger partial charge in [-0.15, -0.1) is 11.6 Å². The van der Waals surface area contributed by atoms with E-state index in [-0.39, 0.29) is 17.7 Å². The molecule has 2 amide bonds. The van der Waals surface area contributed by atoms with Gasteiger partial charge in [-0.25, -0.2) is 0 Å². The summed E-state index contributed by atoms with van der Waals surface area (Å²) in [6, 6.07) is 7.21. The van der Waals surface area contributed by atoms with E-state index >= 15 is 0 Å². The minimum atomic E-state index is -0.756. The van der Waals surface area contributed by atoms with Crippen molar-refractivity contribution >= 4 is 35.0 Å². The van der Waals surface area contributed by atoms with Crippen LogP contribution in [-0.4, -0.2) is 47.8 Å². The molecule has 1 aliphatic carbocycles. The van der Waals surface area contributed by atoms with Crippen LogP contribution in [0.5, 0.6) is 5.75 Å². The average molecular weight is 413 g/mol. The van der Waals surface area contributed by atoms with Crippen molar-refractivity contribution in [3.05, 3.63) is 29.3 Å². The molecular formula is C20H26Cl2N2O3. The number of nitrogens with zero attached hydrogens (tertiary/aromatic N) is 1. The van der Waals surface area contributed by atoms with Crippen molar-refractivity contribution < 1.29 is 14.3 Å². The molecule has 0 aromatic heterocycles. The normalized spacial score (nSPS) is 19.7. The van der Waals surface area contributed by atoms with Crippen LogP contribution in [-0.2, 0) is 9.59 Å². The molecule has 2 fully saturated rings. The Balaban J connectivity index is 1.59. The topological polar surface area (TPSA) is 58.6 Å². The second-order valence-corrected chi connectivity index (χ2v) is 8.13. The standard InChI is InChI=1S/C20H26Cl2N2O3/c21-13-18(25)23-14-15-7-11-24(12-8-15)19(26)20(9-1-2-10-20)27-17-5-3-16(22)4-6-17/h3-6,15H,1-2,7-14H2,(H,23,25). The number of benzene rings is 1. The highest BCUT2D eigenvalue weighted by molar-refractivity contribution is 6.30. The van der Waals surface area contributed by atoms with Crippen molar-refractivity contribution in [2.45, 2.75) is 44.1 Å². The van der Waals surface area contributed by atoms with Gasteiger partial charge in [0.1, 0.15) is 11.6 Å². The van der Waals surface area contributed by atoms with Crippen LogP contribution in [0.3, 0.4) is 0 Å². The Kier molecular flexibility index (Phi) is 6.88. The van der Waals surface area contributed by atoms with Crippen molar-refractivity contribution in [1.82, 2.24) is 10.2 Å².